The van der Waals surface area contributed by atoms with E-state index in [1.807, 2.05) is 23.1 Å². The Labute approximate surface area is 149 Å². The van der Waals surface area contributed by atoms with E-state index in [0.29, 0.717) is 5.91 Å². The van der Waals surface area contributed by atoms with Gasteiger partial charge in [-0.25, -0.2) is 0 Å². The summed E-state index contributed by atoms with van der Waals surface area (Å²) in [6.07, 6.45) is 2.78. The molecule has 0 bridgehead atoms. The molecule has 6 nitrogen and oxygen atoms in total. The van der Waals surface area contributed by atoms with Crippen molar-refractivity contribution in [2.24, 2.45) is 11.7 Å². The summed E-state index contributed by atoms with van der Waals surface area (Å²) in [5.41, 5.74) is 7.11. The third-order valence-corrected chi connectivity index (χ3v) is 5.32. The minimum Gasteiger partial charge on any atom is -0.497 e. The Morgan fingerprint density at radius 2 is 1.72 bits per heavy atom. The Morgan fingerprint density at radius 3 is 2.24 bits per heavy atom. The number of rotatable bonds is 5. The van der Waals surface area contributed by atoms with Gasteiger partial charge < -0.3 is 20.1 Å². The fourth-order valence-electron chi connectivity index (χ4n) is 3.84. The van der Waals surface area contributed by atoms with Crippen LogP contribution in [-0.4, -0.2) is 62.1 Å². The lowest BCUT2D eigenvalue weighted by Gasteiger charge is -2.36. The predicted octanol–water partition coefficient (Wildman–Crippen LogP) is 1.48. The monoisotopic (exact) mass is 347 g/mol. The van der Waals surface area contributed by atoms with Crippen LogP contribution in [0.2, 0.25) is 0 Å². The van der Waals surface area contributed by atoms with E-state index in [1.165, 1.54) is 0 Å². The van der Waals surface area contributed by atoms with Crippen LogP contribution in [0.5, 0.6) is 11.5 Å². The molecule has 1 saturated heterocycles. The predicted molar refractivity (Wildman–Crippen MR) is 96.7 cm³/mol. The van der Waals surface area contributed by atoms with E-state index in [1.54, 1.807) is 14.2 Å². The lowest BCUT2D eigenvalue weighted by molar-refractivity contribution is -0.137. The number of amides is 1. The highest BCUT2D eigenvalue weighted by molar-refractivity contribution is 5.79. The summed E-state index contributed by atoms with van der Waals surface area (Å²) in [6.45, 7) is 4.22. The van der Waals surface area contributed by atoms with E-state index in [4.69, 9.17) is 15.2 Å². The van der Waals surface area contributed by atoms with E-state index < -0.39 is 0 Å². The van der Waals surface area contributed by atoms with E-state index in [9.17, 15) is 4.79 Å². The molecule has 6 heteroatoms. The van der Waals surface area contributed by atoms with E-state index in [2.05, 4.69) is 4.90 Å². The minimum absolute atomic E-state index is 0.143. The van der Waals surface area contributed by atoms with Gasteiger partial charge in [0, 0.05) is 50.7 Å². The molecule has 3 rings (SSSR count). The van der Waals surface area contributed by atoms with Gasteiger partial charge in [0.1, 0.15) is 11.5 Å². The van der Waals surface area contributed by atoms with Crippen LogP contribution in [-0.2, 0) is 11.3 Å². The lowest BCUT2D eigenvalue weighted by Crippen LogP contribution is -2.49. The van der Waals surface area contributed by atoms with Gasteiger partial charge >= 0.3 is 0 Å². The number of nitrogens with two attached hydrogens (primary N) is 1. The van der Waals surface area contributed by atoms with Crippen LogP contribution in [0.3, 0.4) is 0 Å². The zero-order valence-electron chi connectivity index (χ0n) is 15.2. The minimum atomic E-state index is 0.143. The maximum absolute atomic E-state index is 12.6. The number of piperazine rings is 1. The number of benzene rings is 1. The zero-order chi connectivity index (χ0) is 17.8. The van der Waals surface area contributed by atoms with Crippen molar-refractivity contribution in [3.63, 3.8) is 0 Å². The highest BCUT2D eigenvalue weighted by atomic mass is 16.5. The van der Waals surface area contributed by atoms with Gasteiger partial charge in [-0.2, -0.15) is 0 Å². The summed E-state index contributed by atoms with van der Waals surface area (Å²) >= 11 is 0. The fourth-order valence-corrected chi connectivity index (χ4v) is 3.84. The Bertz CT molecular complexity index is 577. The van der Waals surface area contributed by atoms with Crippen LogP contribution in [0, 0.1) is 5.92 Å². The lowest BCUT2D eigenvalue weighted by atomic mass is 10.1. The van der Waals surface area contributed by atoms with Gasteiger partial charge in [0.2, 0.25) is 5.91 Å². The molecule has 25 heavy (non-hydrogen) atoms. The van der Waals surface area contributed by atoms with Crippen molar-refractivity contribution in [3.8, 4) is 11.5 Å². The second kappa shape index (κ2) is 8.06. The molecule has 2 aliphatic rings. The largest absolute Gasteiger partial charge is 0.497 e. The van der Waals surface area contributed by atoms with Gasteiger partial charge in [-0.15, -0.1) is 0 Å². The molecule has 1 amide bonds. The standard InChI is InChI=1S/C19H29N3O3/c1-24-17-9-14(10-18(12-17)25-2)13-21-5-7-22(8-6-21)19(23)15-3-4-16(20)11-15/h9-10,12,15-16H,3-8,11,13,20H2,1-2H3. The summed E-state index contributed by atoms with van der Waals surface area (Å²) in [7, 11) is 3.33. The van der Waals surface area contributed by atoms with Gasteiger partial charge in [0.15, 0.2) is 0 Å². The Hall–Kier alpha value is -1.79. The van der Waals surface area contributed by atoms with Crippen molar-refractivity contribution < 1.29 is 14.3 Å². The Kier molecular flexibility index (Phi) is 5.81. The molecule has 0 spiro atoms. The van der Waals surface area contributed by atoms with Gasteiger partial charge in [-0.1, -0.05) is 0 Å². The highest BCUT2D eigenvalue weighted by Crippen LogP contribution is 2.27. The van der Waals surface area contributed by atoms with Crippen LogP contribution >= 0.6 is 0 Å². The number of ether oxygens (including phenoxy) is 2. The van der Waals surface area contributed by atoms with Crippen molar-refractivity contribution in [1.29, 1.82) is 0 Å². The van der Waals surface area contributed by atoms with Crippen molar-refractivity contribution in [1.82, 2.24) is 9.80 Å². The van der Waals surface area contributed by atoms with Gasteiger partial charge in [0.05, 0.1) is 14.2 Å². The first-order valence-corrected chi connectivity index (χ1v) is 9.07. The van der Waals surface area contributed by atoms with E-state index in [0.717, 1.165) is 69.0 Å². The van der Waals surface area contributed by atoms with Crippen molar-refractivity contribution in [2.75, 3.05) is 40.4 Å². The number of nitrogens with zero attached hydrogens (tertiary/aromatic N) is 2. The van der Waals surface area contributed by atoms with Crippen LogP contribution in [0.4, 0.5) is 0 Å². The Balaban J connectivity index is 1.53. The Morgan fingerprint density at radius 1 is 1.08 bits per heavy atom. The van der Waals surface area contributed by atoms with Gasteiger partial charge in [0.25, 0.3) is 0 Å². The van der Waals surface area contributed by atoms with Crippen LogP contribution in [0.25, 0.3) is 0 Å². The molecular formula is C19H29N3O3. The number of carbonyl (C=O) groups is 1. The molecule has 2 fully saturated rings. The molecule has 0 radical (unpaired) electrons. The topological polar surface area (TPSA) is 68.0 Å². The van der Waals surface area contributed by atoms with Gasteiger partial charge in [-0.3, -0.25) is 9.69 Å². The molecule has 1 aromatic carbocycles. The second-order valence-corrected chi connectivity index (χ2v) is 7.09. The number of methoxy groups -OCH3 is 2. The first kappa shape index (κ1) is 18.0. The van der Waals surface area contributed by atoms with Crippen molar-refractivity contribution >= 4 is 5.91 Å². The summed E-state index contributed by atoms with van der Waals surface area (Å²) in [5.74, 6) is 2.06. The summed E-state index contributed by atoms with van der Waals surface area (Å²) in [5, 5.41) is 0. The normalized spacial score (nSPS) is 24.4. The van der Waals surface area contributed by atoms with Crippen molar-refractivity contribution in [3.05, 3.63) is 23.8 Å². The highest BCUT2D eigenvalue weighted by Gasteiger charge is 2.32. The van der Waals surface area contributed by atoms with Crippen molar-refractivity contribution in [2.45, 2.75) is 31.8 Å². The second-order valence-electron chi connectivity index (χ2n) is 7.09. The molecule has 2 N–H and O–H groups in total. The first-order valence-electron chi connectivity index (χ1n) is 9.07. The average molecular weight is 347 g/mol. The number of carbonyl (C=O) groups excluding carboxylic acids is 1. The molecular weight excluding hydrogens is 318 g/mol. The SMILES string of the molecule is COc1cc(CN2CCN(C(=O)C3CCC(N)C3)CC2)cc(OC)c1. The van der Waals surface area contributed by atoms with Crippen LogP contribution in [0.1, 0.15) is 24.8 Å². The molecule has 1 aromatic rings. The quantitative estimate of drug-likeness (QED) is 0.874. The zero-order valence-corrected chi connectivity index (χ0v) is 15.2. The average Bonchev–Trinajstić information content (AvgIpc) is 3.07. The van der Waals surface area contributed by atoms with Crippen LogP contribution in [0.15, 0.2) is 18.2 Å². The molecule has 138 valence electrons. The third kappa shape index (κ3) is 4.44. The fraction of sp³-hybridized carbons (Fsp3) is 0.632. The summed E-state index contributed by atoms with van der Waals surface area (Å²) in [6, 6.07) is 6.17. The van der Waals surface area contributed by atoms with E-state index in [-0.39, 0.29) is 12.0 Å². The van der Waals surface area contributed by atoms with E-state index >= 15 is 0 Å². The molecule has 1 heterocycles. The summed E-state index contributed by atoms with van der Waals surface area (Å²) in [4.78, 5) is 17.0. The number of hydrogen-bond acceptors (Lipinski definition) is 5. The smallest absolute Gasteiger partial charge is 0.225 e. The number of hydrogen-bond donors (Lipinski definition) is 1. The summed E-state index contributed by atoms with van der Waals surface area (Å²) < 4.78 is 10.7. The molecule has 1 aliphatic carbocycles. The molecule has 1 aliphatic heterocycles. The van der Waals surface area contributed by atoms with Crippen LogP contribution < -0.4 is 15.2 Å². The maximum Gasteiger partial charge on any atom is 0.225 e. The molecule has 0 aromatic heterocycles. The first-order chi connectivity index (χ1) is 12.1. The maximum atomic E-state index is 12.6. The molecule has 2 atom stereocenters. The molecule has 2 unspecified atom stereocenters. The molecule has 1 saturated carbocycles. The van der Waals surface area contributed by atoms with Gasteiger partial charge in [-0.05, 0) is 37.0 Å². The third-order valence-electron chi connectivity index (χ3n) is 5.32.